The fourth-order valence-electron chi connectivity index (χ4n) is 1.46. The standard InChI is InChI=1S/C7H9F3O3/c1-3-5(6(11)12)4(2-13-3)7(8,9)10/h3-5H,2H2,1H3,(H,11,12)/t3-,4-,5-/m0/s1. The Morgan fingerprint density at radius 2 is 2.08 bits per heavy atom. The Balaban J connectivity index is 2.82. The van der Waals surface area contributed by atoms with Crippen molar-refractivity contribution in [2.24, 2.45) is 11.8 Å². The first kappa shape index (κ1) is 10.3. The van der Waals surface area contributed by atoms with Gasteiger partial charge in [-0.25, -0.2) is 0 Å². The van der Waals surface area contributed by atoms with Gasteiger partial charge in [0.05, 0.1) is 24.5 Å². The van der Waals surface area contributed by atoms with E-state index < -0.39 is 36.7 Å². The number of alkyl halides is 3. The molecule has 0 spiro atoms. The van der Waals surface area contributed by atoms with E-state index in [0.29, 0.717) is 0 Å². The molecule has 1 aliphatic rings. The molecular formula is C7H9F3O3. The molecule has 0 saturated carbocycles. The Morgan fingerprint density at radius 1 is 1.54 bits per heavy atom. The number of rotatable bonds is 1. The molecule has 1 fully saturated rings. The third-order valence-electron chi connectivity index (χ3n) is 2.18. The molecule has 13 heavy (non-hydrogen) atoms. The number of hydrogen-bond donors (Lipinski definition) is 1. The number of carbonyl (C=O) groups is 1. The summed E-state index contributed by atoms with van der Waals surface area (Å²) in [5.41, 5.74) is 0. The van der Waals surface area contributed by atoms with Gasteiger partial charge in [-0.3, -0.25) is 4.79 Å². The van der Waals surface area contributed by atoms with E-state index in [4.69, 9.17) is 5.11 Å². The number of aliphatic carboxylic acids is 1. The molecule has 0 aliphatic carbocycles. The molecular weight excluding hydrogens is 189 g/mol. The minimum absolute atomic E-state index is 0.554. The molecule has 76 valence electrons. The lowest BCUT2D eigenvalue weighted by Gasteiger charge is -2.18. The minimum Gasteiger partial charge on any atom is -0.481 e. The van der Waals surface area contributed by atoms with E-state index in [9.17, 15) is 18.0 Å². The summed E-state index contributed by atoms with van der Waals surface area (Å²) in [6, 6.07) is 0. The smallest absolute Gasteiger partial charge is 0.394 e. The van der Waals surface area contributed by atoms with E-state index >= 15 is 0 Å². The number of ether oxygens (including phenoxy) is 1. The molecule has 1 rings (SSSR count). The first-order valence-corrected chi connectivity index (χ1v) is 3.75. The zero-order valence-corrected chi connectivity index (χ0v) is 6.84. The lowest BCUT2D eigenvalue weighted by Crippen LogP contribution is -2.35. The lowest BCUT2D eigenvalue weighted by molar-refractivity contribution is -0.189. The van der Waals surface area contributed by atoms with Crippen molar-refractivity contribution in [1.29, 1.82) is 0 Å². The molecule has 1 heterocycles. The molecule has 0 amide bonds. The molecule has 6 heteroatoms. The summed E-state index contributed by atoms with van der Waals surface area (Å²) in [6.07, 6.45) is -5.36. The van der Waals surface area contributed by atoms with Crippen LogP contribution in [0.2, 0.25) is 0 Å². The van der Waals surface area contributed by atoms with Gasteiger partial charge >= 0.3 is 12.1 Å². The van der Waals surface area contributed by atoms with E-state index in [1.54, 1.807) is 0 Å². The van der Waals surface area contributed by atoms with Gasteiger partial charge in [0, 0.05) is 0 Å². The van der Waals surface area contributed by atoms with Gasteiger partial charge in [0.15, 0.2) is 0 Å². The van der Waals surface area contributed by atoms with Crippen LogP contribution in [-0.4, -0.2) is 30.0 Å². The molecule has 0 aromatic rings. The summed E-state index contributed by atoms with van der Waals surface area (Å²) in [5, 5.41) is 8.54. The number of carboxylic acid groups (broad SMARTS) is 1. The fourth-order valence-corrected chi connectivity index (χ4v) is 1.46. The Hall–Kier alpha value is -0.780. The van der Waals surface area contributed by atoms with Crippen LogP contribution in [0, 0.1) is 11.8 Å². The van der Waals surface area contributed by atoms with Crippen LogP contribution in [0.15, 0.2) is 0 Å². The summed E-state index contributed by atoms with van der Waals surface area (Å²) in [4.78, 5) is 10.5. The van der Waals surface area contributed by atoms with Gasteiger partial charge in [0.2, 0.25) is 0 Å². The van der Waals surface area contributed by atoms with Crippen LogP contribution in [0.25, 0.3) is 0 Å². The monoisotopic (exact) mass is 198 g/mol. The van der Waals surface area contributed by atoms with Crippen molar-refractivity contribution in [3.05, 3.63) is 0 Å². The highest BCUT2D eigenvalue weighted by Crippen LogP contribution is 2.39. The summed E-state index contributed by atoms with van der Waals surface area (Å²) >= 11 is 0. The highest BCUT2D eigenvalue weighted by Gasteiger charge is 2.53. The van der Waals surface area contributed by atoms with Crippen LogP contribution in [0.3, 0.4) is 0 Å². The van der Waals surface area contributed by atoms with Gasteiger partial charge in [-0.1, -0.05) is 0 Å². The lowest BCUT2D eigenvalue weighted by atomic mass is 9.91. The van der Waals surface area contributed by atoms with E-state index in [1.165, 1.54) is 6.92 Å². The Kier molecular flexibility index (Phi) is 2.51. The first-order chi connectivity index (χ1) is 5.84. The number of carboxylic acids is 1. The minimum atomic E-state index is -4.49. The average Bonchev–Trinajstić information content (AvgIpc) is 2.28. The summed E-state index contributed by atoms with van der Waals surface area (Å²) in [6.45, 7) is 0.784. The van der Waals surface area contributed by atoms with Crippen LogP contribution in [0.4, 0.5) is 13.2 Å². The maximum Gasteiger partial charge on any atom is 0.394 e. The van der Waals surface area contributed by atoms with Crippen molar-refractivity contribution >= 4 is 5.97 Å². The predicted octanol–water partition coefficient (Wildman–Crippen LogP) is 1.28. The van der Waals surface area contributed by atoms with Crippen LogP contribution in [-0.2, 0) is 9.53 Å². The van der Waals surface area contributed by atoms with Gasteiger partial charge in [0.25, 0.3) is 0 Å². The van der Waals surface area contributed by atoms with Crippen LogP contribution in [0.5, 0.6) is 0 Å². The van der Waals surface area contributed by atoms with Crippen molar-refractivity contribution in [1.82, 2.24) is 0 Å². The zero-order valence-electron chi connectivity index (χ0n) is 6.84. The third kappa shape index (κ3) is 1.93. The maximum atomic E-state index is 12.2. The quantitative estimate of drug-likeness (QED) is 0.690. The topological polar surface area (TPSA) is 46.5 Å². The summed E-state index contributed by atoms with van der Waals surface area (Å²) in [7, 11) is 0. The predicted molar refractivity (Wildman–Crippen MR) is 36.1 cm³/mol. The van der Waals surface area contributed by atoms with Crippen molar-refractivity contribution < 1.29 is 27.8 Å². The van der Waals surface area contributed by atoms with Gasteiger partial charge < -0.3 is 9.84 Å². The highest BCUT2D eigenvalue weighted by molar-refractivity contribution is 5.71. The van der Waals surface area contributed by atoms with E-state index in [-0.39, 0.29) is 0 Å². The van der Waals surface area contributed by atoms with Crippen molar-refractivity contribution in [2.75, 3.05) is 6.61 Å². The zero-order chi connectivity index (χ0) is 10.2. The third-order valence-corrected chi connectivity index (χ3v) is 2.18. The Bertz CT molecular complexity index is 214. The second-order valence-corrected chi connectivity index (χ2v) is 3.05. The molecule has 3 nitrogen and oxygen atoms in total. The normalized spacial score (nSPS) is 34.9. The van der Waals surface area contributed by atoms with Crippen LogP contribution in [0.1, 0.15) is 6.92 Å². The molecule has 3 atom stereocenters. The SMILES string of the molecule is C[C@@H]1OC[C@H](C(F)(F)F)[C@H]1C(=O)O. The summed E-state index contributed by atoms with van der Waals surface area (Å²) < 4.78 is 41.3. The molecule has 1 aliphatic heterocycles. The van der Waals surface area contributed by atoms with Gasteiger partial charge in [-0.05, 0) is 6.92 Å². The maximum absolute atomic E-state index is 12.2. The van der Waals surface area contributed by atoms with Gasteiger partial charge in [-0.15, -0.1) is 0 Å². The molecule has 0 aromatic heterocycles. The van der Waals surface area contributed by atoms with Crippen LogP contribution >= 0.6 is 0 Å². The number of hydrogen-bond acceptors (Lipinski definition) is 2. The van der Waals surface area contributed by atoms with E-state index in [2.05, 4.69) is 4.74 Å². The molecule has 1 N–H and O–H groups in total. The Labute approximate surface area is 72.5 Å². The first-order valence-electron chi connectivity index (χ1n) is 3.75. The summed E-state index contributed by atoms with van der Waals surface area (Å²) in [5.74, 6) is -4.80. The molecule has 0 aromatic carbocycles. The second kappa shape index (κ2) is 3.17. The molecule has 0 radical (unpaired) electrons. The second-order valence-electron chi connectivity index (χ2n) is 3.05. The molecule has 0 bridgehead atoms. The van der Waals surface area contributed by atoms with Crippen molar-refractivity contribution in [2.45, 2.75) is 19.2 Å². The van der Waals surface area contributed by atoms with Gasteiger partial charge in [-0.2, -0.15) is 13.2 Å². The fraction of sp³-hybridized carbons (Fsp3) is 0.857. The highest BCUT2D eigenvalue weighted by atomic mass is 19.4. The Morgan fingerprint density at radius 3 is 2.38 bits per heavy atom. The largest absolute Gasteiger partial charge is 0.481 e. The van der Waals surface area contributed by atoms with Gasteiger partial charge in [0.1, 0.15) is 0 Å². The van der Waals surface area contributed by atoms with Crippen molar-refractivity contribution in [3.8, 4) is 0 Å². The van der Waals surface area contributed by atoms with E-state index in [1.807, 2.05) is 0 Å². The van der Waals surface area contributed by atoms with E-state index in [0.717, 1.165) is 0 Å². The number of halogens is 3. The molecule has 1 saturated heterocycles. The van der Waals surface area contributed by atoms with Crippen LogP contribution < -0.4 is 0 Å². The average molecular weight is 198 g/mol. The molecule has 0 unspecified atom stereocenters. The van der Waals surface area contributed by atoms with Crippen molar-refractivity contribution in [3.63, 3.8) is 0 Å².